The lowest BCUT2D eigenvalue weighted by atomic mass is 10.0. The molecular weight excluding hydrogens is 278 g/mol. The molecule has 124 valence electrons. The fourth-order valence-corrected chi connectivity index (χ4v) is 3.38. The number of likely N-dealkylation sites (N-methyl/N-ethyl adjacent to an activating group) is 1. The Balaban J connectivity index is 2.13. The van der Waals surface area contributed by atoms with Gasteiger partial charge in [0.05, 0.1) is 23.1 Å². The van der Waals surface area contributed by atoms with Gasteiger partial charge in [0.2, 0.25) is 0 Å². The molecule has 1 aromatic rings. The molecule has 1 aliphatic rings. The van der Waals surface area contributed by atoms with Gasteiger partial charge in [-0.25, -0.2) is 0 Å². The summed E-state index contributed by atoms with van der Waals surface area (Å²) in [5, 5.41) is 14.9. The summed E-state index contributed by atoms with van der Waals surface area (Å²) in [6, 6.07) is 0. The van der Waals surface area contributed by atoms with Crippen molar-refractivity contribution >= 4 is 5.91 Å². The number of rotatable bonds is 6. The fourth-order valence-electron chi connectivity index (χ4n) is 3.38. The van der Waals surface area contributed by atoms with E-state index in [-0.39, 0.29) is 5.91 Å². The first kappa shape index (κ1) is 17.0. The van der Waals surface area contributed by atoms with Crippen LogP contribution in [0.15, 0.2) is 6.20 Å². The van der Waals surface area contributed by atoms with E-state index in [4.69, 9.17) is 0 Å². The molecule has 0 bridgehead atoms. The normalized spacial score (nSPS) is 17.2. The molecule has 1 heterocycles. The summed E-state index contributed by atoms with van der Waals surface area (Å²) in [5.41, 5.74) is 0.960. The van der Waals surface area contributed by atoms with Crippen molar-refractivity contribution in [3.8, 4) is 0 Å². The number of hydrogen-bond donors (Lipinski definition) is 1. The molecule has 0 aliphatic heterocycles. The summed E-state index contributed by atoms with van der Waals surface area (Å²) in [6.45, 7) is 7.57. The summed E-state index contributed by atoms with van der Waals surface area (Å²) in [6.07, 6.45) is 6.14. The van der Waals surface area contributed by atoms with Crippen molar-refractivity contribution in [2.45, 2.75) is 65.0 Å². The van der Waals surface area contributed by atoms with E-state index in [1.165, 1.54) is 0 Å². The van der Waals surface area contributed by atoms with Crippen molar-refractivity contribution in [2.75, 3.05) is 13.6 Å². The number of aliphatic hydroxyl groups is 1. The number of aromatic nitrogens is 2. The van der Waals surface area contributed by atoms with Crippen LogP contribution in [-0.2, 0) is 13.0 Å². The molecule has 0 saturated heterocycles. The van der Waals surface area contributed by atoms with Gasteiger partial charge in [-0.05, 0) is 25.2 Å². The zero-order valence-corrected chi connectivity index (χ0v) is 14.3. The van der Waals surface area contributed by atoms with E-state index in [1.54, 1.807) is 18.1 Å². The van der Waals surface area contributed by atoms with Crippen LogP contribution in [0.3, 0.4) is 0 Å². The van der Waals surface area contributed by atoms with Crippen LogP contribution in [0.1, 0.15) is 62.5 Å². The first-order valence-electron chi connectivity index (χ1n) is 8.39. The highest BCUT2D eigenvalue weighted by Crippen LogP contribution is 2.30. The van der Waals surface area contributed by atoms with Gasteiger partial charge in [-0.2, -0.15) is 5.10 Å². The van der Waals surface area contributed by atoms with E-state index < -0.39 is 5.60 Å². The third kappa shape index (κ3) is 3.69. The van der Waals surface area contributed by atoms with Crippen LogP contribution in [0.5, 0.6) is 0 Å². The van der Waals surface area contributed by atoms with Gasteiger partial charge in [0, 0.05) is 20.1 Å². The molecule has 22 heavy (non-hydrogen) atoms. The van der Waals surface area contributed by atoms with Crippen LogP contribution >= 0.6 is 0 Å². The minimum Gasteiger partial charge on any atom is -0.388 e. The molecule has 0 radical (unpaired) electrons. The lowest BCUT2D eigenvalue weighted by Crippen LogP contribution is -2.42. The predicted molar refractivity (Wildman–Crippen MR) is 86.8 cm³/mol. The highest BCUT2D eigenvalue weighted by molar-refractivity contribution is 5.95. The largest absolute Gasteiger partial charge is 0.388 e. The molecule has 5 nitrogen and oxygen atoms in total. The maximum absolute atomic E-state index is 12.7. The number of nitrogens with zero attached hydrogens (tertiary/aromatic N) is 3. The summed E-state index contributed by atoms with van der Waals surface area (Å²) < 4.78 is 1.94. The highest BCUT2D eigenvalue weighted by Gasteiger charge is 2.34. The number of carbonyl (C=O) groups excluding carboxylic acids is 1. The Morgan fingerprint density at radius 3 is 2.64 bits per heavy atom. The van der Waals surface area contributed by atoms with Gasteiger partial charge in [-0.3, -0.25) is 9.48 Å². The van der Waals surface area contributed by atoms with Crippen LogP contribution in [-0.4, -0.2) is 44.9 Å². The molecule has 0 spiro atoms. The van der Waals surface area contributed by atoms with Gasteiger partial charge in [-0.1, -0.05) is 33.6 Å². The first-order chi connectivity index (χ1) is 10.4. The molecule has 0 unspecified atom stereocenters. The number of hydrogen-bond acceptors (Lipinski definition) is 3. The van der Waals surface area contributed by atoms with Crippen LogP contribution in [0.4, 0.5) is 0 Å². The maximum Gasteiger partial charge on any atom is 0.257 e. The van der Waals surface area contributed by atoms with Crippen LogP contribution in [0, 0.1) is 5.92 Å². The maximum atomic E-state index is 12.7. The van der Waals surface area contributed by atoms with E-state index in [1.807, 2.05) is 4.68 Å². The summed E-state index contributed by atoms with van der Waals surface area (Å²) >= 11 is 0. The first-order valence-corrected chi connectivity index (χ1v) is 8.39. The minimum absolute atomic E-state index is 0.0350. The Morgan fingerprint density at radius 2 is 2.09 bits per heavy atom. The predicted octanol–water partition coefficient (Wildman–Crippen LogP) is 2.48. The smallest absolute Gasteiger partial charge is 0.257 e. The zero-order chi connectivity index (χ0) is 16.3. The second kappa shape index (κ2) is 6.82. The Labute approximate surface area is 133 Å². The zero-order valence-electron chi connectivity index (χ0n) is 14.3. The molecule has 1 aliphatic carbocycles. The molecule has 0 aromatic carbocycles. The fraction of sp³-hybridized carbons (Fsp3) is 0.765. The van der Waals surface area contributed by atoms with E-state index in [0.29, 0.717) is 18.0 Å². The lowest BCUT2D eigenvalue weighted by molar-refractivity contribution is 0.0156. The quantitative estimate of drug-likeness (QED) is 0.878. The minimum atomic E-state index is -0.704. The molecule has 5 heteroatoms. The molecule has 1 aromatic heterocycles. The van der Waals surface area contributed by atoms with E-state index >= 15 is 0 Å². The summed E-state index contributed by atoms with van der Waals surface area (Å²) in [7, 11) is 1.78. The Kier molecular flexibility index (Phi) is 5.27. The summed E-state index contributed by atoms with van der Waals surface area (Å²) in [5.74, 6) is 0.456. The van der Waals surface area contributed by atoms with E-state index in [0.717, 1.165) is 44.3 Å². The molecule has 1 N–H and O–H groups in total. The molecule has 1 fully saturated rings. The van der Waals surface area contributed by atoms with Crippen molar-refractivity contribution in [1.29, 1.82) is 0 Å². The van der Waals surface area contributed by atoms with Gasteiger partial charge < -0.3 is 10.0 Å². The van der Waals surface area contributed by atoms with Crippen molar-refractivity contribution in [1.82, 2.24) is 14.7 Å². The lowest BCUT2D eigenvalue weighted by Gasteiger charge is -2.28. The highest BCUT2D eigenvalue weighted by atomic mass is 16.3. The third-order valence-electron chi connectivity index (χ3n) is 4.46. The number of amides is 1. The topological polar surface area (TPSA) is 58.4 Å². The van der Waals surface area contributed by atoms with E-state index in [2.05, 4.69) is 25.9 Å². The molecule has 0 atom stereocenters. The third-order valence-corrected chi connectivity index (χ3v) is 4.46. The molecule has 1 saturated carbocycles. The van der Waals surface area contributed by atoms with Crippen molar-refractivity contribution in [2.24, 2.45) is 5.92 Å². The van der Waals surface area contributed by atoms with Gasteiger partial charge >= 0.3 is 0 Å². The van der Waals surface area contributed by atoms with Crippen LogP contribution in [0.2, 0.25) is 0 Å². The van der Waals surface area contributed by atoms with Gasteiger partial charge in [0.25, 0.3) is 5.91 Å². The van der Waals surface area contributed by atoms with Crippen molar-refractivity contribution in [3.63, 3.8) is 0 Å². The van der Waals surface area contributed by atoms with Crippen LogP contribution in [0.25, 0.3) is 0 Å². The van der Waals surface area contributed by atoms with Crippen molar-refractivity contribution < 1.29 is 9.90 Å². The molecule has 1 amide bonds. The van der Waals surface area contributed by atoms with Crippen LogP contribution < -0.4 is 0 Å². The second-order valence-electron chi connectivity index (χ2n) is 7.03. The van der Waals surface area contributed by atoms with E-state index in [9.17, 15) is 9.90 Å². The van der Waals surface area contributed by atoms with Gasteiger partial charge in [0.15, 0.2) is 0 Å². The average molecular weight is 307 g/mol. The monoisotopic (exact) mass is 307 g/mol. The van der Waals surface area contributed by atoms with Crippen molar-refractivity contribution in [3.05, 3.63) is 17.5 Å². The second-order valence-corrected chi connectivity index (χ2v) is 7.03. The Bertz CT molecular complexity index is 516. The van der Waals surface area contributed by atoms with Gasteiger partial charge in [-0.15, -0.1) is 0 Å². The molecule has 2 rings (SSSR count). The Hall–Kier alpha value is -1.36. The Morgan fingerprint density at radius 1 is 1.45 bits per heavy atom. The summed E-state index contributed by atoms with van der Waals surface area (Å²) in [4.78, 5) is 14.4. The standard InChI is InChI=1S/C17H29N3O2/c1-5-15-14(10-18-20(15)11-13(2)3)16(21)19(4)12-17(22)8-6-7-9-17/h10,13,22H,5-9,11-12H2,1-4H3. The molecular formula is C17H29N3O2. The average Bonchev–Trinajstić information content (AvgIpc) is 3.03. The van der Waals surface area contributed by atoms with Gasteiger partial charge in [0.1, 0.15) is 0 Å². The SMILES string of the molecule is CCc1c(C(=O)N(C)CC2(O)CCCC2)cnn1CC(C)C. The number of carbonyl (C=O) groups is 1.